The summed E-state index contributed by atoms with van der Waals surface area (Å²) in [5.41, 5.74) is 4.75. The summed E-state index contributed by atoms with van der Waals surface area (Å²) < 4.78 is 0. The SMILES string of the molecule is Cc1cccc(/C=C/c2cc(-c3n[nH]nc3C#N)ccc2Cl)c1. The van der Waals surface area contributed by atoms with E-state index < -0.39 is 0 Å². The van der Waals surface area contributed by atoms with Crippen LogP contribution in [0.2, 0.25) is 5.02 Å². The van der Waals surface area contributed by atoms with E-state index in [4.69, 9.17) is 16.9 Å². The highest BCUT2D eigenvalue weighted by Gasteiger charge is 2.10. The zero-order chi connectivity index (χ0) is 16.2. The van der Waals surface area contributed by atoms with Crippen LogP contribution in [0, 0.1) is 18.3 Å². The van der Waals surface area contributed by atoms with Gasteiger partial charge < -0.3 is 0 Å². The van der Waals surface area contributed by atoms with Gasteiger partial charge in [0.05, 0.1) is 0 Å². The van der Waals surface area contributed by atoms with E-state index in [1.165, 1.54) is 5.56 Å². The van der Waals surface area contributed by atoms with E-state index in [9.17, 15) is 0 Å². The number of rotatable bonds is 3. The van der Waals surface area contributed by atoms with Gasteiger partial charge in [0.2, 0.25) is 0 Å². The zero-order valence-corrected chi connectivity index (χ0v) is 13.2. The van der Waals surface area contributed by atoms with Gasteiger partial charge in [-0.3, -0.25) is 0 Å². The molecule has 0 aliphatic heterocycles. The first kappa shape index (κ1) is 15.0. The Labute approximate surface area is 139 Å². The number of halogens is 1. The first-order valence-corrected chi connectivity index (χ1v) is 7.41. The van der Waals surface area contributed by atoms with Crippen LogP contribution in [0.3, 0.4) is 0 Å². The van der Waals surface area contributed by atoms with Crippen molar-refractivity contribution in [3.63, 3.8) is 0 Å². The largest absolute Gasteiger partial charge is 0.196 e. The normalized spacial score (nSPS) is 10.8. The van der Waals surface area contributed by atoms with Crippen molar-refractivity contribution in [2.24, 2.45) is 0 Å². The number of nitrogens with one attached hydrogen (secondary N) is 1. The van der Waals surface area contributed by atoms with Gasteiger partial charge >= 0.3 is 0 Å². The molecule has 1 aromatic heterocycles. The molecule has 23 heavy (non-hydrogen) atoms. The van der Waals surface area contributed by atoms with E-state index in [-0.39, 0.29) is 5.69 Å². The second kappa shape index (κ2) is 6.47. The summed E-state index contributed by atoms with van der Waals surface area (Å²) in [6.07, 6.45) is 3.96. The topological polar surface area (TPSA) is 65.4 Å². The number of aromatic nitrogens is 3. The lowest BCUT2D eigenvalue weighted by Crippen LogP contribution is -1.85. The van der Waals surface area contributed by atoms with E-state index in [0.717, 1.165) is 16.7 Å². The van der Waals surface area contributed by atoms with Crippen LogP contribution in [0.4, 0.5) is 0 Å². The Morgan fingerprint density at radius 1 is 1.13 bits per heavy atom. The number of nitriles is 1. The molecule has 0 aliphatic carbocycles. The van der Waals surface area contributed by atoms with Gasteiger partial charge in [0.25, 0.3) is 0 Å². The molecule has 0 amide bonds. The molecule has 4 nitrogen and oxygen atoms in total. The van der Waals surface area contributed by atoms with Crippen LogP contribution >= 0.6 is 11.6 Å². The fourth-order valence-corrected chi connectivity index (χ4v) is 2.47. The summed E-state index contributed by atoms with van der Waals surface area (Å²) in [7, 11) is 0. The highest BCUT2D eigenvalue weighted by Crippen LogP contribution is 2.26. The highest BCUT2D eigenvalue weighted by molar-refractivity contribution is 6.32. The Kier molecular flexibility index (Phi) is 4.22. The van der Waals surface area contributed by atoms with Crippen LogP contribution in [0.5, 0.6) is 0 Å². The van der Waals surface area contributed by atoms with E-state index in [1.54, 1.807) is 6.07 Å². The Morgan fingerprint density at radius 3 is 2.78 bits per heavy atom. The van der Waals surface area contributed by atoms with Gasteiger partial charge in [0.1, 0.15) is 11.8 Å². The molecule has 2 aromatic carbocycles. The minimum absolute atomic E-state index is 0.265. The number of hydrogen-bond acceptors (Lipinski definition) is 3. The third-order valence-corrected chi connectivity index (χ3v) is 3.76. The van der Waals surface area contributed by atoms with Crippen LogP contribution in [0.25, 0.3) is 23.4 Å². The Morgan fingerprint density at radius 2 is 2.00 bits per heavy atom. The number of benzene rings is 2. The number of hydrogen-bond donors (Lipinski definition) is 1. The van der Waals surface area contributed by atoms with Crippen molar-refractivity contribution in [3.05, 3.63) is 69.9 Å². The first-order valence-electron chi connectivity index (χ1n) is 7.03. The summed E-state index contributed by atoms with van der Waals surface area (Å²) in [6, 6.07) is 15.7. The zero-order valence-electron chi connectivity index (χ0n) is 12.4. The lowest BCUT2D eigenvalue weighted by atomic mass is 10.0. The lowest BCUT2D eigenvalue weighted by Gasteiger charge is -2.03. The predicted molar refractivity (Wildman–Crippen MR) is 91.7 cm³/mol. The third-order valence-electron chi connectivity index (χ3n) is 3.42. The molecular formula is C18H13ClN4. The van der Waals surface area contributed by atoms with E-state index in [2.05, 4.69) is 34.5 Å². The average Bonchev–Trinajstić information content (AvgIpc) is 3.03. The van der Waals surface area contributed by atoms with Crippen molar-refractivity contribution in [1.29, 1.82) is 5.26 Å². The second-order valence-electron chi connectivity index (χ2n) is 5.12. The van der Waals surface area contributed by atoms with Gasteiger partial charge in [0, 0.05) is 10.6 Å². The van der Waals surface area contributed by atoms with E-state index in [1.807, 2.05) is 42.5 Å². The molecule has 0 unspecified atom stereocenters. The molecule has 0 spiro atoms. The molecular weight excluding hydrogens is 308 g/mol. The average molecular weight is 321 g/mol. The maximum Gasteiger partial charge on any atom is 0.190 e. The Balaban J connectivity index is 1.97. The molecule has 1 N–H and O–H groups in total. The van der Waals surface area contributed by atoms with Crippen molar-refractivity contribution in [1.82, 2.24) is 15.4 Å². The molecule has 0 saturated carbocycles. The Hall–Kier alpha value is -2.90. The summed E-state index contributed by atoms with van der Waals surface area (Å²) in [6.45, 7) is 2.05. The molecule has 0 saturated heterocycles. The monoisotopic (exact) mass is 320 g/mol. The van der Waals surface area contributed by atoms with Crippen LogP contribution in [-0.4, -0.2) is 15.4 Å². The predicted octanol–water partition coefficient (Wildman–Crippen LogP) is 4.48. The summed E-state index contributed by atoms with van der Waals surface area (Å²) in [4.78, 5) is 0. The molecule has 0 radical (unpaired) electrons. The van der Waals surface area contributed by atoms with Crippen molar-refractivity contribution < 1.29 is 0 Å². The number of aryl methyl sites for hydroxylation is 1. The molecule has 112 valence electrons. The standard InChI is InChI=1S/C18H13ClN4/c1-12-3-2-4-13(9-12)5-6-14-10-15(7-8-16(14)19)18-17(11-20)21-23-22-18/h2-10H,1H3,(H,21,22,23)/b6-5+. The van der Waals surface area contributed by atoms with Crippen LogP contribution in [0.1, 0.15) is 22.4 Å². The summed E-state index contributed by atoms with van der Waals surface area (Å²) >= 11 is 6.27. The van der Waals surface area contributed by atoms with Crippen molar-refractivity contribution in [3.8, 4) is 17.3 Å². The van der Waals surface area contributed by atoms with Crippen molar-refractivity contribution >= 4 is 23.8 Å². The molecule has 0 fully saturated rings. The minimum Gasteiger partial charge on any atom is -0.196 e. The van der Waals surface area contributed by atoms with Gasteiger partial charge in [-0.1, -0.05) is 59.6 Å². The maximum absolute atomic E-state index is 9.06. The minimum atomic E-state index is 0.265. The highest BCUT2D eigenvalue weighted by atomic mass is 35.5. The molecule has 5 heteroatoms. The van der Waals surface area contributed by atoms with Crippen molar-refractivity contribution in [2.75, 3.05) is 0 Å². The van der Waals surface area contributed by atoms with Gasteiger partial charge in [-0.2, -0.15) is 15.6 Å². The van der Waals surface area contributed by atoms with E-state index >= 15 is 0 Å². The fourth-order valence-electron chi connectivity index (χ4n) is 2.29. The number of nitrogens with zero attached hydrogens (tertiary/aromatic N) is 3. The fraction of sp³-hybridized carbons (Fsp3) is 0.0556. The third kappa shape index (κ3) is 3.31. The smallest absolute Gasteiger partial charge is 0.190 e. The summed E-state index contributed by atoms with van der Waals surface area (Å²) in [5, 5.41) is 20.0. The molecule has 0 atom stereocenters. The quantitative estimate of drug-likeness (QED) is 0.724. The second-order valence-corrected chi connectivity index (χ2v) is 5.52. The molecule has 0 bridgehead atoms. The number of H-pyrrole nitrogens is 1. The molecule has 1 heterocycles. The van der Waals surface area contributed by atoms with Crippen molar-refractivity contribution in [2.45, 2.75) is 6.92 Å². The van der Waals surface area contributed by atoms with Gasteiger partial charge in [0.15, 0.2) is 5.69 Å². The van der Waals surface area contributed by atoms with Crippen LogP contribution in [0.15, 0.2) is 42.5 Å². The first-order chi connectivity index (χ1) is 11.2. The van der Waals surface area contributed by atoms with Gasteiger partial charge in [-0.15, -0.1) is 5.10 Å². The van der Waals surface area contributed by atoms with E-state index in [0.29, 0.717) is 10.7 Å². The summed E-state index contributed by atoms with van der Waals surface area (Å²) in [5.74, 6) is 0. The molecule has 3 rings (SSSR count). The lowest BCUT2D eigenvalue weighted by molar-refractivity contribution is 0.937. The number of aromatic amines is 1. The van der Waals surface area contributed by atoms with Crippen LogP contribution < -0.4 is 0 Å². The van der Waals surface area contributed by atoms with Gasteiger partial charge in [-0.05, 0) is 30.2 Å². The Bertz CT molecular complexity index is 919. The van der Waals surface area contributed by atoms with Gasteiger partial charge in [-0.25, -0.2) is 0 Å². The molecule has 3 aromatic rings. The van der Waals surface area contributed by atoms with Crippen LogP contribution in [-0.2, 0) is 0 Å². The maximum atomic E-state index is 9.06. The molecule has 0 aliphatic rings.